The molecule has 0 atom stereocenters. The third-order valence-corrected chi connectivity index (χ3v) is 4.16. The number of rotatable bonds is 4. The summed E-state index contributed by atoms with van der Waals surface area (Å²) in [4.78, 5) is 4.54. The Morgan fingerprint density at radius 2 is 1.83 bits per heavy atom. The molecule has 0 amide bonds. The van der Waals surface area contributed by atoms with E-state index in [1.807, 2.05) is 0 Å². The second-order valence-electron chi connectivity index (χ2n) is 3.53. The fourth-order valence-electron chi connectivity index (χ4n) is 0.584. The van der Waals surface area contributed by atoms with Crippen molar-refractivity contribution in [3.05, 3.63) is 0 Å². The Hall–Kier alpha value is -0.130. The van der Waals surface area contributed by atoms with Crippen molar-refractivity contribution in [1.29, 1.82) is 0 Å². The Kier molecular flexibility index (Phi) is 4.16. The van der Waals surface area contributed by atoms with Crippen molar-refractivity contribution < 1.29 is 13.3 Å². The molecule has 0 aromatic carbocycles. The van der Waals surface area contributed by atoms with Gasteiger partial charge in [0.05, 0.1) is 17.6 Å². The summed E-state index contributed by atoms with van der Waals surface area (Å²) < 4.78 is 22.2. The number of hydrogen-bond acceptors (Lipinski definition) is 4. The van der Waals surface area contributed by atoms with E-state index in [-0.39, 0.29) is 5.75 Å². The molecule has 5 heteroatoms. The van der Waals surface area contributed by atoms with Crippen molar-refractivity contribution in [3.63, 3.8) is 0 Å². The van der Waals surface area contributed by atoms with Gasteiger partial charge in [0.15, 0.2) is 9.84 Å². The molecule has 0 aliphatic heterocycles. The van der Waals surface area contributed by atoms with Gasteiger partial charge in [-0.1, -0.05) is 0 Å². The quantitative estimate of drug-likeness (QED) is 0.519. The van der Waals surface area contributed by atoms with Gasteiger partial charge in [-0.25, -0.2) is 13.9 Å². The minimum atomic E-state index is -3.01. The zero-order valence-corrected chi connectivity index (χ0v) is 8.86. The molecule has 0 fully saturated rings. The highest BCUT2D eigenvalue weighted by atomic mass is 32.2. The third-order valence-electron chi connectivity index (χ3n) is 1.55. The third kappa shape index (κ3) is 3.51. The van der Waals surface area contributed by atoms with Gasteiger partial charge in [-0.05, 0) is 20.8 Å². The molecular weight excluding hydrogens is 178 g/mol. The largest absolute Gasteiger partial charge is 0.305 e. The standard InChI is InChI=1S/C7H17NO3S/c1-7(2,3)12(9,10)6-5-8-11-4/h8H,5-6H2,1-4H3. The molecule has 0 unspecified atom stereocenters. The molecule has 74 valence electrons. The van der Waals surface area contributed by atoms with Gasteiger partial charge in [0.2, 0.25) is 0 Å². The maximum Gasteiger partial charge on any atom is 0.156 e. The molecule has 0 saturated heterocycles. The molecule has 0 aromatic heterocycles. The van der Waals surface area contributed by atoms with Crippen molar-refractivity contribution >= 4 is 9.84 Å². The van der Waals surface area contributed by atoms with Crippen LogP contribution < -0.4 is 5.48 Å². The number of hydrogen-bond donors (Lipinski definition) is 1. The van der Waals surface area contributed by atoms with Crippen LogP contribution in [0.15, 0.2) is 0 Å². The average molecular weight is 195 g/mol. The van der Waals surface area contributed by atoms with E-state index in [2.05, 4.69) is 10.3 Å². The Bertz CT molecular complexity index is 215. The van der Waals surface area contributed by atoms with Crippen molar-refractivity contribution in [1.82, 2.24) is 5.48 Å². The number of hydroxylamine groups is 1. The maximum atomic E-state index is 11.4. The van der Waals surface area contributed by atoms with Crippen LogP contribution in [0.4, 0.5) is 0 Å². The lowest BCUT2D eigenvalue weighted by atomic mass is 10.3. The van der Waals surface area contributed by atoms with Crippen LogP contribution in [0.1, 0.15) is 20.8 Å². The van der Waals surface area contributed by atoms with Crippen LogP contribution in [0.3, 0.4) is 0 Å². The minimum absolute atomic E-state index is 0.102. The molecule has 0 radical (unpaired) electrons. The van der Waals surface area contributed by atoms with E-state index in [0.717, 1.165) is 0 Å². The molecule has 12 heavy (non-hydrogen) atoms. The predicted octanol–water partition coefficient (Wildman–Crippen LogP) is 0.351. The van der Waals surface area contributed by atoms with Crippen LogP contribution in [0, 0.1) is 0 Å². The number of nitrogens with one attached hydrogen (secondary N) is 1. The van der Waals surface area contributed by atoms with Crippen LogP contribution >= 0.6 is 0 Å². The average Bonchev–Trinajstić information content (AvgIpc) is 1.85. The van der Waals surface area contributed by atoms with E-state index < -0.39 is 14.6 Å². The molecular formula is C7H17NO3S. The first-order valence-corrected chi connectivity index (χ1v) is 5.44. The van der Waals surface area contributed by atoms with E-state index in [1.165, 1.54) is 7.11 Å². The Balaban J connectivity index is 4.08. The lowest BCUT2D eigenvalue weighted by Crippen LogP contribution is -2.34. The van der Waals surface area contributed by atoms with Gasteiger partial charge in [0.1, 0.15) is 0 Å². The fourth-order valence-corrected chi connectivity index (χ4v) is 1.55. The van der Waals surface area contributed by atoms with Crippen LogP contribution in [0.25, 0.3) is 0 Å². The van der Waals surface area contributed by atoms with E-state index in [9.17, 15) is 8.42 Å². The van der Waals surface area contributed by atoms with Gasteiger partial charge < -0.3 is 4.84 Å². The van der Waals surface area contributed by atoms with Crippen molar-refractivity contribution in [3.8, 4) is 0 Å². The monoisotopic (exact) mass is 195 g/mol. The van der Waals surface area contributed by atoms with E-state index in [0.29, 0.717) is 6.54 Å². The van der Waals surface area contributed by atoms with E-state index in [1.54, 1.807) is 20.8 Å². The van der Waals surface area contributed by atoms with Crippen LogP contribution in [0.5, 0.6) is 0 Å². The molecule has 0 bridgehead atoms. The molecule has 0 heterocycles. The van der Waals surface area contributed by atoms with Crippen LogP contribution in [0.2, 0.25) is 0 Å². The van der Waals surface area contributed by atoms with Crippen LogP contribution in [-0.2, 0) is 14.7 Å². The summed E-state index contributed by atoms with van der Waals surface area (Å²) in [6.07, 6.45) is 0. The second-order valence-corrected chi connectivity index (χ2v) is 6.39. The lowest BCUT2D eigenvalue weighted by Gasteiger charge is -2.18. The zero-order valence-electron chi connectivity index (χ0n) is 8.05. The van der Waals surface area contributed by atoms with Crippen molar-refractivity contribution in [2.24, 2.45) is 0 Å². The van der Waals surface area contributed by atoms with Gasteiger partial charge >= 0.3 is 0 Å². The molecule has 0 aromatic rings. The smallest absolute Gasteiger partial charge is 0.156 e. The Labute approximate surface area is 74.2 Å². The molecule has 0 aliphatic rings. The second kappa shape index (κ2) is 4.20. The lowest BCUT2D eigenvalue weighted by molar-refractivity contribution is 0.0966. The molecule has 1 N–H and O–H groups in total. The van der Waals surface area contributed by atoms with E-state index >= 15 is 0 Å². The Morgan fingerprint density at radius 3 is 2.17 bits per heavy atom. The van der Waals surface area contributed by atoms with Crippen molar-refractivity contribution in [2.75, 3.05) is 19.4 Å². The normalized spacial score (nSPS) is 13.3. The van der Waals surface area contributed by atoms with Gasteiger partial charge in [-0.3, -0.25) is 0 Å². The van der Waals surface area contributed by atoms with Gasteiger partial charge in [-0.2, -0.15) is 0 Å². The first kappa shape index (κ1) is 11.9. The van der Waals surface area contributed by atoms with E-state index in [4.69, 9.17) is 0 Å². The highest BCUT2D eigenvalue weighted by Gasteiger charge is 2.27. The minimum Gasteiger partial charge on any atom is -0.305 e. The fraction of sp³-hybridized carbons (Fsp3) is 1.00. The molecule has 4 nitrogen and oxygen atoms in total. The summed E-state index contributed by atoms with van der Waals surface area (Å²) >= 11 is 0. The van der Waals surface area contributed by atoms with Gasteiger partial charge in [0.25, 0.3) is 0 Å². The Morgan fingerprint density at radius 1 is 1.33 bits per heavy atom. The topological polar surface area (TPSA) is 55.4 Å². The highest BCUT2D eigenvalue weighted by molar-refractivity contribution is 7.92. The molecule has 0 rings (SSSR count). The summed E-state index contributed by atoms with van der Waals surface area (Å²) in [7, 11) is -1.55. The molecule has 0 aliphatic carbocycles. The first-order valence-electron chi connectivity index (χ1n) is 3.79. The number of sulfone groups is 1. The first-order chi connectivity index (χ1) is 5.31. The summed E-state index contributed by atoms with van der Waals surface area (Å²) in [6, 6.07) is 0. The maximum absolute atomic E-state index is 11.4. The molecule has 0 spiro atoms. The molecule has 0 saturated carbocycles. The SMILES string of the molecule is CONCCS(=O)(=O)C(C)(C)C. The predicted molar refractivity (Wildman–Crippen MR) is 48.6 cm³/mol. The summed E-state index contributed by atoms with van der Waals surface area (Å²) in [5.74, 6) is 0.102. The van der Waals surface area contributed by atoms with Crippen LogP contribution in [-0.4, -0.2) is 32.6 Å². The highest BCUT2D eigenvalue weighted by Crippen LogP contribution is 2.14. The van der Waals surface area contributed by atoms with Crippen molar-refractivity contribution in [2.45, 2.75) is 25.5 Å². The summed E-state index contributed by atoms with van der Waals surface area (Å²) in [5, 5.41) is 0. The summed E-state index contributed by atoms with van der Waals surface area (Å²) in [5.41, 5.74) is 2.50. The van der Waals surface area contributed by atoms with Gasteiger partial charge in [0, 0.05) is 6.54 Å². The van der Waals surface area contributed by atoms with Gasteiger partial charge in [-0.15, -0.1) is 0 Å². The zero-order chi connectivity index (χ0) is 9.83. The summed E-state index contributed by atoms with van der Waals surface area (Å²) in [6.45, 7) is 5.40.